The Morgan fingerprint density at radius 1 is 0.583 bits per heavy atom. The lowest BCUT2D eigenvalue weighted by Gasteiger charge is -2.07. The smallest absolute Gasteiger partial charge is 0.206 e. The average molecular weight is 676 g/mol. The van der Waals surface area contributed by atoms with Crippen LogP contribution in [0.1, 0.15) is 22.3 Å². The highest BCUT2D eigenvalue weighted by atomic mass is 20.0. The Hall–Kier alpha value is -7.02. The first kappa shape index (κ1) is 37.2. The highest BCUT2D eigenvalue weighted by Crippen LogP contribution is 2.57. The van der Waals surface area contributed by atoms with E-state index in [1.807, 2.05) is 0 Å². The zero-order valence-electron chi connectivity index (χ0n) is 22.6. The molecular weight excluding hydrogens is 672 g/mol. The molecule has 0 bridgehead atoms. The van der Waals surface area contributed by atoms with E-state index in [-0.39, 0.29) is 12.1 Å². The summed E-state index contributed by atoms with van der Waals surface area (Å²) in [6, 6.07) is 6.51. The van der Waals surface area contributed by atoms with Crippen LogP contribution in [0.5, 0.6) is 0 Å². The summed E-state index contributed by atoms with van der Waals surface area (Å²) in [6.45, 7) is 2.49. The van der Waals surface area contributed by atoms with E-state index in [9.17, 15) is 50.9 Å². The molecule has 3 rings (SSSR count). The van der Waals surface area contributed by atoms with Crippen molar-refractivity contribution in [1.82, 2.24) is 0 Å². The second kappa shape index (κ2) is 14.8. The molecule has 6 nitrogen and oxygen atoms in total. The Kier molecular flexibility index (Phi) is 11.5. The Bertz CT molecular complexity index is 2210. The minimum atomic E-state index is -2.59. The van der Waals surface area contributed by atoms with Crippen LogP contribution in [0, 0.1) is 103 Å². The number of hydrogen-bond acceptors (Lipinski definition) is 6. The van der Waals surface area contributed by atoms with Crippen LogP contribution < -0.4 is 0 Å². The van der Waals surface area contributed by atoms with Gasteiger partial charge in [0.05, 0.1) is 33.4 Å². The molecule has 0 radical (unpaired) electrons. The molecule has 0 unspecified atom stereocenters. The second-order valence-corrected chi connectivity index (χ2v) is 8.46. The van der Waals surface area contributed by atoms with Crippen molar-refractivity contribution >= 4 is 11.1 Å². The third-order valence-electron chi connectivity index (χ3n) is 6.06. The monoisotopic (exact) mass is 676 g/mol. The number of nitriles is 6. The first-order valence-corrected chi connectivity index (χ1v) is 11.6. The molecule has 48 heavy (non-hydrogen) atoms. The minimum Gasteiger partial charge on any atom is -0.206 e. The van der Waals surface area contributed by atoms with Crippen LogP contribution >= 0.6 is 0 Å². The molecule has 0 N–H and O–H groups in total. The van der Waals surface area contributed by atoms with Gasteiger partial charge in [-0.2, -0.15) is 36.0 Å². The van der Waals surface area contributed by atoms with E-state index in [4.69, 9.17) is 24.9 Å². The standard InChI is InChI=1S/C30H4F10N6.F2/c1-10(31)25(35)23(28(38)19(34)9-46)14(6-43)21-20(13(5-42)12-3-17(32)11(4-41)2-18(12)33)22(21)15(7-44)24-29(39)26(36)16(8-45)27(37)30(24)40;1-2/h2-3H,1H2;/b20-13+,21-14-,22-15+,25-23+,28-19-;. The summed E-state index contributed by atoms with van der Waals surface area (Å²) in [5.74, 6) is -22.3. The summed E-state index contributed by atoms with van der Waals surface area (Å²) in [5.41, 5.74) is -15.8. The van der Waals surface area contributed by atoms with Crippen molar-refractivity contribution in [3.8, 4) is 36.4 Å². The van der Waals surface area contributed by atoms with Crippen molar-refractivity contribution in [2.75, 3.05) is 0 Å². The van der Waals surface area contributed by atoms with Gasteiger partial charge in [-0.3, -0.25) is 0 Å². The van der Waals surface area contributed by atoms with E-state index in [0.717, 1.165) is 18.2 Å². The molecule has 1 aliphatic carbocycles. The van der Waals surface area contributed by atoms with E-state index in [2.05, 4.69) is 6.58 Å². The lowest BCUT2D eigenvalue weighted by atomic mass is 9.99. The molecule has 1 aliphatic rings. The van der Waals surface area contributed by atoms with Crippen molar-refractivity contribution in [2.24, 2.45) is 0 Å². The van der Waals surface area contributed by atoms with Gasteiger partial charge in [0.25, 0.3) is 0 Å². The van der Waals surface area contributed by atoms with Crippen molar-refractivity contribution in [3.63, 3.8) is 0 Å². The Morgan fingerprint density at radius 3 is 1.52 bits per heavy atom. The predicted molar refractivity (Wildman–Crippen MR) is 135 cm³/mol. The maximum absolute atomic E-state index is 15.0. The number of nitrogens with zero attached hydrogens (tertiary/aromatic N) is 6. The number of benzene rings is 2. The summed E-state index contributed by atoms with van der Waals surface area (Å²) in [5, 5.41) is 56.0. The molecule has 2 aromatic rings. The Balaban J connectivity index is 0.00000392. The molecule has 0 atom stereocenters. The maximum Gasteiger partial charge on any atom is 0.236 e. The molecule has 0 aromatic heterocycles. The number of hydrogen-bond donors (Lipinski definition) is 0. The van der Waals surface area contributed by atoms with Crippen molar-refractivity contribution < 1.29 is 53.1 Å². The molecule has 0 spiro atoms. The van der Waals surface area contributed by atoms with Crippen LogP contribution in [-0.4, -0.2) is 0 Å². The second-order valence-electron chi connectivity index (χ2n) is 8.46. The van der Waals surface area contributed by atoms with Crippen molar-refractivity contribution in [3.05, 3.63) is 127 Å². The molecular formula is C30H4F12N6. The molecule has 0 aliphatic heterocycles. The fraction of sp³-hybridized carbons (Fsp3) is 0. The number of allylic oxidation sites excluding steroid dienone is 11. The van der Waals surface area contributed by atoms with Crippen molar-refractivity contribution in [1.29, 1.82) is 31.6 Å². The largest absolute Gasteiger partial charge is 0.236 e. The van der Waals surface area contributed by atoms with Gasteiger partial charge >= 0.3 is 0 Å². The highest BCUT2D eigenvalue weighted by Gasteiger charge is 2.45. The van der Waals surface area contributed by atoms with E-state index in [1.165, 1.54) is 12.1 Å². The first-order valence-electron chi connectivity index (χ1n) is 11.6. The van der Waals surface area contributed by atoms with Gasteiger partial charge < -0.3 is 0 Å². The Morgan fingerprint density at radius 2 is 1.10 bits per heavy atom. The molecule has 0 heterocycles. The zero-order valence-corrected chi connectivity index (χ0v) is 22.6. The van der Waals surface area contributed by atoms with Gasteiger partial charge in [0.15, 0.2) is 40.7 Å². The molecule has 2 aromatic carbocycles. The quantitative estimate of drug-likeness (QED) is 0.134. The van der Waals surface area contributed by atoms with Crippen LogP contribution in [0.15, 0.2) is 69.9 Å². The van der Waals surface area contributed by atoms with Gasteiger partial charge in [0.2, 0.25) is 5.83 Å². The lowest BCUT2D eigenvalue weighted by molar-refractivity contribution is 0.108. The summed E-state index contributed by atoms with van der Waals surface area (Å²) in [4.78, 5) is 0. The van der Waals surface area contributed by atoms with Gasteiger partial charge in [-0.1, -0.05) is 6.58 Å². The normalized spacial score (nSPS) is 15.6. The summed E-state index contributed by atoms with van der Waals surface area (Å²) in [7, 11) is 0. The maximum atomic E-state index is 15.0. The van der Waals surface area contributed by atoms with E-state index >= 15 is 8.78 Å². The minimum absolute atomic E-state index is 0.212. The van der Waals surface area contributed by atoms with Gasteiger partial charge in [0.1, 0.15) is 53.6 Å². The van der Waals surface area contributed by atoms with Crippen LogP contribution in [0.25, 0.3) is 11.1 Å². The molecule has 1 saturated carbocycles. The van der Waals surface area contributed by atoms with Crippen LogP contribution in [0.3, 0.4) is 0 Å². The predicted octanol–water partition coefficient (Wildman–Crippen LogP) is 8.57. The highest BCUT2D eigenvalue weighted by molar-refractivity contribution is 6.07. The van der Waals surface area contributed by atoms with E-state index in [0.29, 0.717) is 6.07 Å². The van der Waals surface area contributed by atoms with Gasteiger partial charge in [-0.05, 0) is 12.1 Å². The summed E-state index contributed by atoms with van der Waals surface area (Å²) in [6.07, 6.45) is 0. The van der Waals surface area contributed by atoms with Gasteiger partial charge in [-0.25, -0.2) is 39.5 Å². The number of halogens is 12. The van der Waals surface area contributed by atoms with Crippen LogP contribution in [0.4, 0.5) is 53.1 Å². The topological polar surface area (TPSA) is 143 Å². The summed E-state index contributed by atoms with van der Waals surface area (Å²) >= 11 is 0. The average Bonchev–Trinajstić information content (AvgIpc) is 3.79. The molecule has 1 fully saturated rings. The third kappa shape index (κ3) is 6.23. The third-order valence-corrected chi connectivity index (χ3v) is 6.06. The molecule has 0 amide bonds. The molecule has 18 heteroatoms. The first-order chi connectivity index (χ1) is 22.7. The molecule has 238 valence electrons. The van der Waals surface area contributed by atoms with Crippen LogP contribution in [0.2, 0.25) is 0 Å². The fourth-order valence-corrected chi connectivity index (χ4v) is 4.05. The summed E-state index contributed by atoms with van der Waals surface area (Å²) < 4.78 is 162. The van der Waals surface area contributed by atoms with Crippen molar-refractivity contribution in [2.45, 2.75) is 0 Å². The molecule has 0 saturated heterocycles. The van der Waals surface area contributed by atoms with Gasteiger partial charge in [0, 0.05) is 31.4 Å². The number of rotatable bonds is 5. The van der Waals surface area contributed by atoms with E-state index < -0.39 is 119 Å². The van der Waals surface area contributed by atoms with Crippen LogP contribution in [-0.2, 0) is 0 Å². The van der Waals surface area contributed by atoms with E-state index in [1.54, 1.807) is 0 Å². The van der Waals surface area contributed by atoms with Gasteiger partial charge in [-0.15, -0.1) is 0 Å². The lowest BCUT2D eigenvalue weighted by Crippen LogP contribution is -2.06. The fourth-order valence-electron chi connectivity index (χ4n) is 4.05. The Labute approximate surface area is 259 Å². The SMILES string of the molecule is C=C(F)/C(F)=C(C(\F)=C(\F)C#N)/C(C#N)=C1\C(=C(/C#N)c2c(F)c(F)c(C#N)c(F)c2F)\C1=C(/C#N)c1cc(F)c(C#N)cc1F.FF. The zero-order chi connectivity index (χ0) is 36.8.